The maximum atomic E-state index is 5.04. The molecule has 0 saturated heterocycles. The summed E-state index contributed by atoms with van der Waals surface area (Å²) in [7, 11) is 0. The Labute approximate surface area is 60.0 Å². The lowest BCUT2D eigenvalue weighted by atomic mass is 10.5. The van der Waals surface area contributed by atoms with Gasteiger partial charge in [-0.05, 0) is 19.1 Å². The van der Waals surface area contributed by atoms with Gasteiger partial charge in [0.25, 0.3) is 0 Å². The van der Waals surface area contributed by atoms with Crippen LogP contribution in [0.4, 0.5) is 0 Å². The Morgan fingerprint density at radius 2 is 2.60 bits per heavy atom. The van der Waals surface area contributed by atoms with Crippen molar-refractivity contribution in [3.05, 3.63) is 24.5 Å². The molecule has 0 spiro atoms. The summed E-state index contributed by atoms with van der Waals surface area (Å²) in [6.45, 7) is 2.76. The third kappa shape index (κ3) is 2.03. The number of hydrogen-bond donors (Lipinski definition) is 1. The van der Waals surface area contributed by atoms with Crippen LogP contribution in [-0.4, -0.2) is 11.5 Å². The van der Waals surface area contributed by atoms with Crippen molar-refractivity contribution in [3.8, 4) is 5.75 Å². The molecule has 1 rings (SSSR count). The number of hydroxylamine groups is 1. The molecule has 0 aromatic carbocycles. The van der Waals surface area contributed by atoms with E-state index in [0.717, 1.165) is 12.3 Å². The van der Waals surface area contributed by atoms with Crippen LogP contribution in [0.15, 0.2) is 24.5 Å². The summed E-state index contributed by atoms with van der Waals surface area (Å²) in [6.07, 6.45) is 3.36. The average Bonchev–Trinajstić information content (AvgIpc) is 2.03. The standard InChI is InChI=1S/C7H10N2O/c1-2-9-10-7-4-3-5-8-6-7/h3-6,9H,2H2,1H3. The van der Waals surface area contributed by atoms with Crippen molar-refractivity contribution in [2.75, 3.05) is 6.54 Å². The smallest absolute Gasteiger partial charge is 0.165 e. The first kappa shape index (κ1) is 7.02. The molecule has 0 aliphatic rings. The van der Waals surface area contributed by atoms with Crippen molar-refractivity contribution < 1.29 is 4.84 Å². The van der Waals surface area contributed by atoms with E-state index in [9.17, 15) is 0 Å². The second-order valence-corrected chi connectivity index (χ2v) is 1.79. The molecule has 1 aromatic rings. The van der Waals surface area contributed by atoms with E-state index < -0.39 is 0 Å². The average molecular weight is 138 g/mol. The first-order valence-corrected chi connectivity index (χ1v) is 3.23. The molecule has 0 aliphatic heterocycles. The van der Waals surface area contributed by atoms with Gasteiger partial charge in [-0.25, -0.2) is 0 Å². The van der Waals surface area contributed by atoms with Crippen LogP contribution in [0.25, 0.3) is 0 Å². The maximum Gasteiger partial charge on any atom is 0.165 e. The molecular formula is C7H10N2O. The van der Waals surface area contributed by atoms with Crippen LogP contribution < -0.4 is 10.3 Å². The van der Waals surface area contributed by atoms with Crippen molar-refractivity contribution in [1.29, 1.82) is 0 Å². The summed E-state index contributed by atoms with van der Waals surface area (Å²) < 4.78 is 0. The van der Waals surface area contributed by atoms with Gasteiger partial charge < -0.3 is 4.84 Å². The van der Waals surface area contributed by atoms with Crippen LogP contribution in [-0.2, 0) is 0 Å². The summed E-state index contributed by atoms with van der Waals surface area (Å²) in [5.41, 5.74) is 2.72. The number of hydrogen-bond acceptors (Lipinski definition) is 3. The normalized spacial score (nSPS) is 9.30. The minimum Gasteiger partial charge on any atom is -0.407 e. The fourth-order valence-electron chi connectivity index (χ4n) is 0.563. The van der Waals surface area contributed by atoms with E-state index in [1.165, 1.54) is 0 Å². The zero-order valence-electron chi connectivity index (χ0n) is 5.87. The van der Waals surface area contributed by atoms with Gasteiger partial charge >= 0.3 is 0 Å². The molecule has 0 unspecified atom stereocenters. The molecule has 1 aromatic heterocycles. The molecule has 0 fully saturated rings. The number of pyridine rings is 1. The van der Waals surface area contributed by atoms with Gasteiger partial charge in [-0.15, -0.1) is 0 Å². The van der Waals surface area contributed by atoms with Crippen molar-refractivity contribution >= 4 is 0 Å². The minimum absolute atomic E-state index is 0.740. The first-order valence-electron chi connectivity index (χ1n) is 3.23. The summed E-state index contributed by atoms with van der Waals surface area (Å²) >= 11 is 0. The van der Waals surface area contributed by atoms with E-state index in [-0.39, 0.29) is 0 Å². The van der Waals surface area contributed by atoms with Crippen LogP contribution in [0.3, 0.4) is 0 Å². The van der Waals surface area contributed by atoms with E-state index in [1.54, 1.807) is 12.4 Å². The number of rotatable bonds is 3. The highest BCUT2D eigenvalue weighted by atomic mass is 16.6. The Kier molecular flexibility index (Phi) is 2.70. The molecule has 0 aliphatic carbocycles. The largest absolute Gasteiger partial charge is 0.407 e. The third-order valence-corrected chi connectivity index (χ3v) is 0.969. The molecule has 0 bridgehead atoms. The zero-order chi connectivity index (χ0) is 7.23. The van der Waals surface area contributed by atoms with E-state index >= 15 is 0 Å². The lowest BCUT2D eigenvalue weighted by molar-refractivity contribution is 0.201. The predicted octanol–water partition coefficient (Wildman–Crippen LogP) is 0.985. The fourth-order valence-corrected chi connectivity index (χ4v) is 0.563. The lowest BCUT2D eigenvalue weighted by Crippen LogP contribution is -2.17. The molecule has 0 saturated carbocycles. The molecule has 10 heavy (non-hydrogen) atoms. The highest BCUT2D eigenvalue weighted by molar-refractivity contribution is 5.14. The Balaban J connectivity index is 2.43. The molecule has 54 valence electrons. The van der Waals surface area contributed by atoms with Crippen LogP contribution in [0.1, 0.15) is 6.92 Å². The number of nitrogens with one attached hydrogen (secondary N) is 1. The Hall–Kier alpha value is -1.09. The quantitative estimate of drug-likeness (QED) is 0.632. The summed E-state index contributed by atoms with van der Waals surface area (Å²) in [4.78, 5) is 8.92. The monoisotopic (exact) mass is 138 g/mol. The highest BCUT2D eigenvalue weighted by Crippen LogP contribution is 2.03. The molecule has 3 heteroatoms. The summed E-state index contributed by atoms with van der Waals surface area (Å²) in [5, 5.41) is 0. The molecule has 0 amide bonds. The summed E-state index contributed by atoms with van der Waals surface area (Å²) in [5.74, 6) is 0.740. The molecule has 0 atom stereocenters. The van der Waals surface area contributed by atoms with E-state index in [1.807, 2.05) is 19.1 Å². The van der Waals surface area contributed by atoms with Crippen molar-refractivity contribution in [3.63, 3.8) is 0 Å². The maximum absolute atomic E-state index is 5.04. The van der Waals surface area contributed by atoms with Crippen LogP contribution in [0.5, 0.6) is 5.75 Å². The Morgan fingerprint density at radius 3 is 3.20 bits per heavy atom. The van der Waals surface area contributed by atoms with Gasteiger partial charge in [0.1, 0.15) is 0 Å². The molecule has 1 N–H and O–H groups in total. The number of nitrogens with zero attached hydrogens (tertiary/aromatic N) is 1. The second-order valence-electron chi connectivity index (χ2n) is 1.79. The fraction of sp³-hybridized carbons (Fsp3) is 0.286. The molecule has 3 nitrogen and oxygen atoms in total. The second kappa shape index (κ2) is 3.85. The topological polar surface area (TPSA) is 34.1 Å². The van der Waals surface area contributed by atoms with Gasteiger partial charge in [0.15, 0.2) is 5.75 Å². The first-order chi connectivity index (χ1) is 4.93. The number of aromatic nitrogens is 1. The molecule has 0 radical (unpaired) electrons. The SMILES string of the molecule is CCNOc1cccnc1. The lowest BCUT2D eigenvalue weighted by Gasteiger charge is -2.01. The van der Waals surface area contributed by atoms with Crippen molar-refractivity contribution in [2.24, 2.45) is 0 Å². The van der Waals surface area contributed by atoms with Crippen molar-refractivity contribution in [2.45, 2.75) is 6.92 Å². The van der Waals surface area contributed by atoms with Crippen LogP contribution >= 0.6 is 0 Å². The van der Waals surface area contributed by atoms with Gasteiger partial charge in [0.2, 0.25) is 0 Å². The highest BCUT2D eigenvalue weighted by Gasteiger charge is 1.87. The van der Waals surface area contributed by atoms with Gasteiger partial charge in [0.05, 0.1) is 6.20 Å². The van der Waals surface area contributed by atoms with Gasteiger partial charge in [-0.2, -0.15) is 5.48 Å². The third-order valence-electron chi connectivity index (χ3n) is 0.969. The van der Waals surface area contributed by atoms with E-state index in [2.05, 4.69) is 10.5 Å². The van der Waals surface area contributed by atoms with Crippen LogP contribution in [0, 0.1) is 0 Å². The summed E-state index contributed by atoms with van der Waals surface area (Å²) in [6, 6.07) is 3.67. The minimum atomic E-state index is 0.740. The Bertz CT molecular complexity index is 176. The Morgan fingerprint density at radius 1 is 1.70 bits per heavy atom. The van der Waals surface area contributed by atoms with Gasteiger partial charge in [-0.3, -0.25) is 4.98 Å². The van der Waals surface area contributed by atoms with Gasteiger partial charge in [0, 0.05) is 12.7 Å². The molecular weight excluding hydrogens is 128 g/mol. The van der Waals surface area contributed by atoms with Crippen molar-refractivity contribution in [1.82, 2.24) is 10.5 Å². The zero-order valence-corrected chi connectivity index (χ0v) is 5.87. The van der Waals surface area contributed by atoms with E-state index in [4.69, 9.17) is 4.84 Å². The van der Waals surface area contributed by atoms with Gasteiger partial charge in [-0.1, -0.05) is 0 Å². The molecule has 1 heterocycles. The van der Waals surface area contributed by atoms with Crippen LogP contribution in [0.2, 0.25) is 0 Å². The van der Waals surface area contributed by atoms with E-state index in [0.29, 0.717) is 0 Å². The predicted molar refractivity (Wildman–Crippen MR) is 38.5 cm³/mol.